The van der Waals surface area contributed by atoms with E-state index in [4.69, 9.17) is 4.98 Å². The largest absolute Gasteiger partial charge is 0.339 e. The average Bonchev–Trinajstić information content (AvgIpc) is 3.49. The van der Waals surface area contributed by atoms with Crippen LogP contribution in [0.3, 0.4) is 0 Å². The molecule has 1 N–H and O–H groups in total. The highest BCUT2D eigenvalue weighted by Gasteiger charge is 2.18. The van der Waals surface area contributed by atoms with E-state index >= 15 is 0 Å². The molecular formula is C24H25N5O2S. The van der Waals surface area contributed by atoms with Crippen LogP contribution >= 0.6 is 11.3 Å². The molecule has 164 valence electrons. The number of aryl methyl sites for hydroxylation is 1. The van der Waals surface area contributed by atoms with Gasteiger partial charge in [-0.25, -0.2) is 9.67 Å². The number of pyridine rings is 1. The summed E-state index contributed by atoms with van der Waals surface area (Å²) in [5.74, 6) is -0.259. The predicted molar refractivity (Wildman–Crippen MR) is 128 cm³/mol. The number of nitrogens with zero attached hydrogens (tertiary/aromatic N) is 4. The molecule has 0 radical (unpaired) electrons. The molecule has 0 saturated carbocycles. The molecule has 4 aromatic rings. The van der Waals surface area contributed by atoms with Crippen LogP contribution in [0, 0.1) is 0 Å². The van der Waals surface area contributed by atoms with Crippen molar-refractivity contribution in [3.05, 3.63) is 65.2 Å². The highest BCUT2D eigenvalue weighted by Crippen LogP contribution is 2.28. The van der Waals surface area contributed by atoms with E-state index in [0.717, 1.165) is 10.6 Å². The zero-order valence-corrected chi connectivity index (χ0v) is 19.1. The van der Waals surface area contributed by atoms with Crippen LogP contribution in [0.4, 0.5) is 5.69 Å². The number of hydrogen-bond acceptors (Lipinski definition) is 5. The Morgan fingerprint density at radius 3 is 2.47 bits per heavy atom. The van der Waals surface area contributed by atoms with Gasteiger partial charge in [0.15, 0.2) is 5.65 Å². The summed E-state index contributed by atoms with van der Waals surface area (Å²) >= 11 is 1.58. The summed E-state index contributed by atoms with van der Waals surface area (Å²) in [6, 6.07) is 12.7. The van der Waals surface area contributed by atoms with Crippen molar-refractivity contribution in [1.82, 2.24) is 19.7 Å². The molecule has 0 fully saturated rings. The Kier molecular flexibility index (Phi) is 6.32. The lowest BCUT2D eigenvalue weighted by Gasteiger charge is -2.18. The fourth-order valence-corrected chi connectivity index (χ4v) is 4.29. The molecule has 0 atom stereocenters. The molecule has 2 amide bonds. The van der Waals surface area contributed by atoms with E-state index in [1.807, 2.05) is 44.4 Å². The van der Waals surface area contributed by atoms with E-state index in [-0.39, 0.29) is 11.8 Å². The Morgan fingerprint density at radius 1 is 1.09 bits per heavy atom. The maximum Gasteiger partial charge on any atom is 0.256 e. The van der Waals surface area contributed by atoms with E-state index in [1.165, 1.54) is 0 Å². The van der Waals surface area contributed by atoms with E-state index in [0.29, 0.717) is 47.5 Å². The third-order valence-electron chi connectivity index (χ3n) is 5.37. The number of thiophene rings is 1. The summed E-state index contributed by atoms with van der Waals surface area (Å²) in [6.45, 7) is 7.88. The Bertz CT molecular complexity index is 1240. The first-order valence-corrected chi connectivity index (χ1v) is 11.5. The second kappa shape index (κ2) is 9.32. The van der Waals surface area contributed by atoms with E-state index < -0.39 is 0 Å². The first-order chi connectivity index (χ1) is 15.5. The van der Waals surface area contributed by atoms with Gasteiger partial charge >= 0.3 is 0 Å². The highest BCUT2D eigenvalue weighted by molar-refractivity contribution is 7.13. The molecule has 3 heterocycles. The Hall–Kier alpha value is -3.52. The Balaban J connectivity index is 1.64. The number of amides is 2. The lowest BCUT2D eigenvalue weighted by Crippen LogP contribution is -2.30. The highest BCUT2D eigenvalue weighted by atomic mass is 32.1. The van der Waals surface area contributed by atoms with Crippen molar-refractivity contribution < 1.29 is 9.59 Å². The molecule has 0 spiro atoms. The van der Waals surface area contributed by atoms with Crippen LogP contribution in [0.5, 0.6) is 0 Å². The predicted octanol–water partition coefficient (Wildman–Crippen LogP) is 4.91. The minimum absolute atomic E-state index is 0.0173. The summed E-state index contributed by atoms with van der Waals surface area (Å²) in [4.78, 5) is 33.2. The number of anilines is 1. The molecule has 3 aromatic heterocycles. The van der Waals surface area contributed by atoms with Gasteiger partial charge in [-0.1, -0.05) is 6.07 Å². The summed E-state index contributed by atoms with van der Waals surface area (Å²) in [7, 11) is 0. The monoisotopic (exact) mass is 447 g/mol. The average molecular weight is 448 g/mol. The zero-order valence-electron chi connectivity index (χ0n) is 18.3. The maximum absolute atomic E-state index is 13.2. The number of hydrogen-bond donors (Lipinski definition) is 1. The molecule has 0 unspecified atom stereocenters. The third-order valence-corrected chi connectivity index (χ3v) is 6.26. The minimum Gasteiger partial charge on any atom is -0.339 e. The SMILES string of the molecule is CCN(CC)C(=O)c1ccc(NC(=O)c2cc(-c3cccs3)nc3c2cnn3CC)cc1. The molecule has 1 aromatic carbocycles. The van der Waals surface area contributed by atoms with Gasteiger partial charge in [0.2, 0.25) is 0 Å². The van der Waals surface area contributed by atoms with Crippen LogP contribution in [-0.2, 0) is 6.54 Å². The summed E-state index contributed by atoms with van der Waals surface area (Å²) < 4.78 is 1.79. The smallest absolute Gasteiger partial charge is 0.256 e. The summed E-state index contributed by atoms with van der Waals surface area (Å²) in [5, 5.41) is 10.0. The number of carbonyl (C=O) groups is 2. The maximum atomic E-state index is 13.2. The first-order valence-electron chi connectivity index (χ1n) is 10.7. The van der Waals surface area contributed by atoms with Crippen molar-refractivity contribution in [3.8, 4) is 10.6 Å². The molecule has 0 bridgehead atoms. The van der Waals surface area contributed by atoms with Crippen LogP contribution in [0.15, 0.2) is 54.0 Å². The lowest BCUT2D eigenvalue weighted by molar-refractivity contribution is 0.0773. The van der Waals surface area contributed by atoms with Gasteiger partial charge in [0.25, 0.3) is 11.8 Å². The quantitative estimate of drug-likeness (QED) is 0.436. The molecule has 0 aliphatic rings. The summed E-state index contributed by atoms with van der Waals surface area (Å²) in [6.07, 6.45) is 1.69. The molecule has 32 heavy (non-hydrogen) atoms. The van der Waals surface area contributed by atoms with Crippen LogP contribution in [0.2, 0.25) is 0 Å². The molecule has 0 saturated heterocycles. The van der Waals surface area contributed by atoms with Crippen LogP contribution < -0.4 is 5.32 Å². The van der Waals surface area contributed by atoms with Gasteiger partial charge in [0.05, 0.1) is 27.7 Å². The van der Waals surface area contributed by atoms with E-state index in [2.05, 4.69) is 10.4 Å². The molecular weight excluding hydrogens is 422 g/mol. The first kappa shape index (κ1) is 21.7. The summed E-state index contributed by atoms with van der Waals surface area (Å²) in [5.41, 5.74) is 3.16. The van der Waals surface area contributed by atoms with E-state index in [1.54, 1.807) is 51.4 Å². The molecule has 4 rings (SSSR count). The number of aromatic nitrogens is 3. The number of fused-ring (bicyclic) bond motifs is 1. The van der Waals surface area contributed by atoms with Crippen LogP contribution in [-0.4, -0.2) is 44.6 Å². The van der Waals surface area contributed by atoms with Gasteiger partial charge in [0.1, 0.15) is 0 Å². The van der Waals surface area contributed by atoms with Crippen LogP contribution in [0.25, 0.3) is 21.6 Å². The lowest BCUT2D eigenvalue weighted by atomic mass is 10.1. The van der Waals surface area contributed by atoms with Gasteiger partial charge < -0.3 is 10.2 Å². The zero-order chi connectivity index (χ0) is 22.7. The topological polar surface area (TPSA) is 80.1 Å². The van der Waals surface area contributed by atoms with Gasteiger partial charge in [-0.2, -0.15) is 5.10 Å². The third kappa shape index (κ3) is 4.13. The van der Waals surface area contributed by atoms with Crippen molar-refractivity contribution in [2.75, 3.05) is 18.4 Å². The standard InChI is InChI=1S/C24H25N5O2S/c1-4-28(5-2)24(31)16-9-11-17(12-10-16)26-23(30)18-14-20(21-8-7-13-32-21)27-22-19(18)15-25-29(22)6-3/h7-15H,4-6H2,1-3H3,(H,26,30). The van der Waals surface area contributed by atoms with Crippen molar-refractivity contribution >= 4 is 39.9 Å². The molecule has 8 heteroatoms. The van der Waals surface area contributed by atoms with Crippen LogP contribution in [0.1, 0.15) is 41.5 Å². The van der Waals surface area contributed by atoms with Crippen molar-refractivity contribution in [1.29, 1.82) is 0 Å². The van der Waals surface area contributed by atoms with Crippen molar-refractivity contribution in [2.24, 2.45) is 0 Å². The number of nitrogens with one attached hydrogen (secondary N) is 1. The van der Waals surface area contributed by atoms with Crippen molar-refractivity contribution in [2.45, 2.75) is 27.3 Å². The van der Waals surface area contributed by atoms with Gasteiger partial charge in [-0.3, -0.25) is 9.59 Å². The van der Waals surface area contributed by atoms with Crippen molar-refractivity contribution in [3.63, 3.8) is 0 Å². The molecule has 0 aliphatic heterocycles. The normalized spacial score (nSPS) is 11.0. The molecule has 7 nitrogen and oxygen atoms in total. The van der Waals surface area contributed by atoms with E-state index in [9.17, 15) is 9.59 Å². The molecule has 0 aliphatic carbocycles. The van der Waals surface area contributed by atoms with Gasteiger partial charge in [-0.15, -0.1) is 11.3 Å². The number of rotatable bonds is 7. The number of benzene rings is 1. The second-order valence-electron chi connectivity index (χ2n) is 7.24. The minimum atomic E-state index is -0.242. The fourth-order valence-electron chi connectivity index (χ4n) is 3.61. The Morgan fingerprint density at radius 2 is 1.84 bits per heavy atom. The Labute approximate surface area is 190 Å². The van der Waals surface area contributed by atoms with Gasteiger partial charge in [-0.05, 0) is 62.5 Å². The number of carbonyl (C=O) groups excluding carboxylic acids is 2. The second-order valence-corrected chi connectivity index (χ2v) is 8.19. The van der Waals surface area contributed by atoms with Gasteiger partial charge in [0, 0.05) is 30.9 Å². The fraction of sp³-hybridized carbons (Fsp3) is 0.250.